The predicted octanol–water partition coefficient (Wildman–Crippen LogP) is 3.98. The second kappa shape index (κ2) is 16.4. The fourth-order valence-electron chi connectivity index (χ4n) is 5.76. The molecule has 0 aliphatic carbocycles. The van der Waals surface area contributed by atoms with Gasteiger partial charge in [-0.1, -0.05) is 60.7 Å². The largest absolute Gasteiger partial charge is 0.497 e. The maximum atomic E-state index is 14.1. The van der Waals surface area contributed by atoms with Crippen molar-refractivity contribution in [3.05, 3.63) is 114 Å². The molecular weight excluding hydrogens is 636 g/mol. The SMILES string of the molecule is COc1ccc(C(=O)C2CCN(C(=O)C(c3ccccc3)n3cnc(NC(=O)C(COCc4ccccc4)NC(=O)C(C)(C)N)c3)CC2)cc1. The van der Waals surface area contributed by atoms with Crippen LogP contribution >= 0.6 is 0 Å². The molecule has 1 aliphatic rings. The highest BCUT2D eigenvalue weighted by Gasteiger charge is 2.34. The van der Waals surface area contributed by atoms with E-state index >= 15 is 0 Å². The summed E-state index contributed by atoms with van der Waals surface area (Å²) >= 11 is 0. The Labute approximate surface area is 292 Å². The van der Waals surface area contributed by atoms with Gasteiger partial charge < -0.3 is 35.3 Å². The summed E-state index contributed by atoms with van der Waals surface area (Å²) in [4.78, 5) is 59.7. The number of likely N-dealkylation sites (tertiary alicyclic amines) is 1. The van der Waals surface area contributed by atoms with Crippen LogP contribution in [0.2, 0.25) is 0 Å². The highest BCUT2D eigenvalue weighted by atomic mass is 16.5. The van der Waals surface area contributed by atoms with E-state index in [1.54, 1.807) is 60.9 Å². The Hall–Kier alpha value is -5.33. The van der Waals surface area contributed by atoms with Gasteiger partial charge in [-0.3, -0.25) is 19.2 Å². The van der Waals surface area contributed by atoms with Gasteiger partial charge in [-0.05, 0) is 62.1 Å². The molecule has 3 aromatic carbocycles. The molecule has 2 atom stereocenters. The van der Waals surface area contributed by atoms with E-state index < -0.39 is 29.4 Å². The van der Waals surface area contributed by atoms with Gasteiger partial charge >= 0.3 is 0 Å². The average Bonchev–Trinajstić information content (AvgIpc) is 3.59. The molecule has 4 N–H and O–H groups in total. The zero-order valence-electron chi connectivity index (χ0n) is 28.6. The first-order chi connectivity index (χ1) is 24.0. The van der Waals surface area contributed by atoms with Crippen molar-refractivity contribution >= 4 is 29.3 Å². The zero-order chi connectivity index (χ0) is 35.7. The Kier molecular flexibility index (Phi) is 11.8. The number of amides is 3. The van der Waals surface area contributed by atoms with Gasteiger partial charge in [-0.25, -0.2) is 4.98 Å². The van der Waals surface area contributed by atoms with Crippen LogP contribution in [0.15, 0.2) is 97.5 Å². The van der Waals surface area contributed by atoms with Gasteiger partial charge in [0.05, 0.1) is 32.2 Å². The van der Waals surface area contributed by atoms with Crippen molar-refractivity contribution in [2.24, 2.45) is 11.7 Å². The quantitative estimate of drug-likeness (QED) is 0.169. The molecule has 262 valence electrons. The second-order valence-corrected chi connectivity index (χ2v) is 12.9. The number of aromatic nitrogens is 2. The van der Waals surface area contributed by atoms with Gasteiger partial charge in [0.15, 0.2) is 11.6 Å². The van der Waals surface area contributed by atoms with Crippen molar-refractivity contribution in [1.82, 2.24) is 19.8 Å². The Morgan fingerprint density at radius 1 is 0.940 bits per heavy atom. The highest BCUT2D eigenvalue weighted by molar-refractivity contribution is 5.99. The first-order valence-electron chi connectivity index (χ1n) is 16.6. The van der Waals surface area contributed by atoms with Crippen LogP contribution in [-0.2, 0) is 25.7 Å². The molecule has 2 heterocycles. The normalized spacial score (nSPS) is 14.8. The number of rotatable bonds is 14. The number of nitrogens with two attached hydrogens (primary N) is 1. The summed E-state index contributed by atoms with van der Waals surface area (Å²) < 4.78 is 12.7. The summed E-state index contributed by atoms with van der Waals surface area (Å²) in [5.74, 6) is -0.459. The summed E-state index contributed by atoms with van der Waals surface area (Å²) in [6, 6.07) is 24.1. The Bertz CT molecular complexity index is 1750. The molecule has 1 fully saturated rings. The molecule has 0 radical (unpaired) electrons. The van der Waals surface area contributed by atoms with Crippen LogP contribution < -0.4 is 21.1 Å². The predicted molar refractivity (Wildman–Crippen MR) is 188 cm³/mol. The Morgan fingerprint density at radius 3 is 2.20 bits per heavy atom. The minimum atomic E-state index is -1.22. The highest BCUT2D eigenvalue weighted by Crippen LogP contribution is 2.28. The van der Waals surface area contributed by atoms with E-state index in [2.05, 4.69) is 15.6 Å². The number of ether oxygens (including phenoxy) is 2. The number of methoxy groups -OCH3 is 1. The fraction of sp³-hybridized carbons (Fsp3) is 0.342. The van der Waals surface area contributed by atoms with Gasteiger partial charge in [-0.15, -0.1) is 0 Å². The van der Waals surface area contributed by atoms with E-state index in [0.717, 1.165) is 11.1 Å². The third-order valence-electron chi connectivity index (χ3n) is 8.66. The van der Waals surface area contributed by atoms with Crippen LogP contribution in [0, 0.1) is 5.92 Å². The van der Waals surface area contributed by atoms with Crippen LogP contribution in [0.4, 0.5) is 5.82 Å². The molecular formula is C38H44N6O6. The lowest BCUT2D eigenvalue weighted by Crippen LogP contribution is -2.56. The van der Waals surface area contributed by atoms with Crippen LogP contribution in [0.1, 0.15) is 54.2 Å². The molecule has 12 nitrogen and oxygen atoms in total. The molecule has 1 saturated heterocycles. The standard InChI is InChI=1S/C38H44N6O6/c1-38(2,39)37(48)41-31(24-50-23-26-10-6-4-7-11-26)35(46)42-32-22-44(25-40-32)33(27-12-8-5-9-13-27)36(47)43-20-18-29(19-21-43)34(45)28-14-16-30(49-3)17-15-28/h4-17,22,25,29,31,33H,18-21,23-24,39H2,1-3H3,(H,41,48)(H,42,46). The molecule has 5 rings (SSSR count). The number of carbonyl (C=O) groups is 4. The molecule has 4 aromatic rings. The van der Waals surface area contributed by atoms with Crippen molar-refractivity contribution < 1.29 is 28.7 Å². The molecule has 2 unspecified atom stereocenters. The lowest BCUT2D eigenvalue weighted by atomic mass is 9.88. The Morgan fingerprint density at radius 2 is 1.58 bits per heavy atom. The molecule has 1 aromatic heterocycles. The van der Waals surface area contributed by atoms with E-state index in [0.29, 0.717) is 37.2 Å². The molecule has 0 saturated carbocycles. The van der Waals surface area contributed by atoms with E-state index in [1.807, 2.05) is 60.7 Å². The monoisotopic (exact) mass is 680 g/mol. The minimum Gasteiger partial charge on any atom is -0.497 e. The van der Waals surface area contributed by atoms with Crippen molar-refractivity contribution in [3.8, 4) is 5.75 Å². The smallest absolute Gasteiger partial charge is 0.250 e. The van der Waals surface area contributed by atoms with Crippen molar-refractivity contribution in [3.63, 3.8) is 0 Å². The van der Waals surface area contributed by atoms with Crippen molar-refractivity contribution in [2.45, 2.75) is 50.9 Å². The number of Topliss-reactive ketones (excluding diaryl/α,β-unsaturated/α-hetero) is 1. The number of anilines is 1. The summed E-state index contributed by atoms with van der Waals surface area (Å²) in [5.41, 5.74) is 7.05. The Balaban J connectivity index is 1.27. The molecule has 0 spiro atoms. The van der Waals surface area contributed by atoms with Gasteiger partial charge in [0.2, 0.25) is 11.8 Å². The van der Waals surface area contributed by atoms with Gasteiger partial charge in [0.1, 0.15) is 17.8 Å². The molecule has 12 heteroatoms. The summed E-state index contributed by atoms with van der Waals surface area (Å²) in [6.45, 7) is 4.08. The van der Waals surface area contributed by atoms with Crippen LogP contribution in [0.25, 0.3) is 0 Å². The number of ketones is 1. The number of hydrogen-bond donors (Lipinski definition) is 3. The van der Waals surface area contributed by atoms with Gasteiger partial charge in [0.25, 0.3) is 5.91 Å². The number of carbonyl (C=O) groups excluding carboxylic acids is 4. The van der Waals surface area contributed by atoms with Crippen molar-refractivity contribution in [1.29, 1.82) is 0 Å². The number of hydrogen-bond acceptors (Lipinski definition) is 8. The third kappa shape index (κ3) is 9.21. The van der Waals surface area contributed by atoms with Crippen LogP contribution in [0.5, 0.6) is 5.75 Å². The van der Waals surface area contributed by atoms with E-state index in [1.165, 1.54) is 6.33 Å². The van der Waals surface area contributed by atoms with Gasteiger partial charge in [-0.2, -0.15) is 0 Å². The maximum Gasteiger partial charge on any atom is 0.250 e. The average molecular weight is 681 g/mol. The summed E-state index contributed by atoms with van der Waals surface area (Å²) in [6.07, 6.45) is 4.17. The summed E-state index contributed by atoms with van der Waals surface area (Å²) in [5, 5.41) is 5.44. The lowest BCUT2D eigenvalue weighted by Gasteiger charge is -2.34. The first-order valence-corrected chi connectivity index (χ1v) is 16.6. The molecule has 1 aliphatic heterocycles. The van der Waals surface area contributed by atoms with E-state index in [9.17, 15) is 19.2 Å². The number of nitrogens with zero attached hydrogens (tertiary/aromatic N) is 3. The number of nitrogens with one attached hydrogen (secondary N) is 2. The number of imidazole rings is 1. The summed E-state index contributed by atoms with van der Waals surface area (Å²) in [7, 11) is 1.58. The molecule has 3 amide bonds. The minimum absolute atomic E-state index is 0.0596. The zero-order valence-corrected chi connectivity index (χ0v) is 28.6. The molecule has 0 bridgehead atoms. The first kappa shape index (κ1) is 36.0. The van der Waals surface area contributed by atoms with E-state index in [-0.39, 0.29) is 36.6 Å². The third-order valence-corrected chi connectivity index (χ3v) is 8.66. The second-order valence-electron chi connectivity index (χ2n) is 12.9. The number of benzene rings is 3. The lowest BCUT2D eigenvalue weighted by molar-refractivity contribution is -0.134. The van der Waals surface area contributed by atoms with E-state index in [4.69, 9.17) is 15.2 Å². The van der Waals surface area contributed by atoms with Crippen molar-refractivity contribution in [2.75, 3.05) is 32.1 Å². The van der Waals surface area contributed by atoms with Gasteiger partial charge in [0, 0.05) is 30.8 Å². The molecule has 50 heavy (non-hydrogen) atoms. The van der Waals surface area contributed by atoms with Crippen LogP contribution in [-0.4, -0.2) is 76.3 Å². The fourth-order valence-corrected chi connectivity index (χ4v) is 5.76. The maximum absolute atomic E-state index is 14.1. The number of piperidine rings is 1. The van der Waals surface area contributed by atoms with Crippen LogP contribution in [0.3, 0.4) is 0 Å². The topological polar surface area (TPSA) is 158 Å².